The van der Waals surface area contributed by atoms with E-state index in [9.17, 15) is 0 Å². The van der Waals surface area contributed by atoms with E-state index >= 15 is 0 Å². The second kappa shape index (κ2) is 3.60. The minimum Gasteiger partial charge on any atom is -0.164 e. The number of rotatable bonds is 1. The lowest BCUT2D eigenvalue weighted by Crippen LogP contribution is -2.02. The Kier molecular flexibility index (Phi) is 2.10. The third kappa shape index (κ3) is 1.36. The molecule has 0 unspecified atom stereocenters. The number of fused-ring (bicyclic) bond motifs is 1. The van der Waals surface area contributed by atoms with Crippen LogP contribution >= 0.6 is 0 Å². The maximum atomic E-state index is 2.30. The first-order chi connectivity index (χ1) is 7.86. The monoisotopic (exact) mass is 208 g/mol. The van der Waals surface area contributed by atoms with E-state index in [-0.39, 0.29) is 0 Å². The molecule has 0 aromatic heterocycles. The molecule has 0 bridgehead atoms. The van der Waals surface area contributed by atoms with Gasteiger partial charge in [-0.3, -0.25) is 0 Å². The molecule has 1 aliphatic rings. The smallest absolute Gasteiger partial charge is 0.164 e. The molecule has 1 heterocycles. The van der Waals surface area contributed by atoms with Crippen molar-refractivity contribution in [2.75, 3.05) is 0 Å². The lowest BCUT2D eigenvalue weighted by molar-refractivity contribution is 1.09. The predicted octanol–water partition coefficient (Wildman–Crippen LogP) is 3.46. The van der Waals surface area contributed by atoms with Gasteiger partial charge in [0.1, 0.15) is 0 Å². The zero-order chi connectivity index (χ0) is 11.0. The van der Waals surface area contributed by atoms with E-state index in [1.54, 1.807) is 0 Å². The van der Waals surface area contributed by atoms with Crippen molar-refractivity contribution in [2.45, 2.75) is 13.3 Å². The molecule has 0 aliphatic carbocycles. The van der Waals surface area contributed by atoms with E-state index in [0.29, 0.717) is 0 Å². The highest BCUT2D eigenvalue weighted by atomic mass is 15.0. The Balaban J connectivity index is 2.15. The summed E-state index contributed by atoms with van der Waals surface area (Å²) in [7, 11) is 0. The van der Waals surface area contributed by atoms with E-state index < -0.39 is 0 Å². The first-order valence-corrected chi connectivity index (χ1v) is 5.62. The zero-order valence-electron chi connectivity index (χ0n) is 9.35. The maximum Gasteiger partial charge on any atom is 0.214 e. The Bertz CT molecular complexity index is 567. The molecule has 2 aromatic carbocycles. The number of hydrogen-bond donors (Lipinski definition) is 0. The summed E-state index contributed by atoms with van der Waals surface area (Å²) in [4.78, 5) is 0. The van der Waals surface area contributed by atoms with Crippen LogP contribution in [0.4, 0.5) is 11.4 Å². The Morgan fingerprint density at radius 1 is 0.875 bits per heavy atom. The lowest BCUT2D eigenvalue weighted by atomic mass is 10.1. The first kappa shape index (κ1) is 9.34. The minimum absolute atomic E-state index is 1.03. The Morgan fingerprint density at radius 3 is 2.38 bits per heavy atom. The largest absolute Gasteiger partial charge is 0.214 e. The van der Waals surface area contributed by atoms with Crippen LogP contribution in [-0.4, -0.2) is 6.21 Å². The van der Waals surface area contributed by atoms with Crippen LogP contribution in [0.2, 0.25) is 0 Å². The summed E-state index contributed by atoms with van der Waals surface area (Å²) in [6.07, 6.45) is 3.29. The van der Waals surface area contributed by atoms with Gasteiger partial charge in [-0.2, -0.15) is 4.58 Å². The highest BCUT2D eigenvalue weighted by molar-refractivity contribution is 5.81. The summed E-state index contributed by atoms with van der Waals surface area (Å²) in [6.45, 7) is 2.16. The van der Waals surface area contributed by atoms with Gasteiger partial charge in [-0.05, 0) is 6.92 Å². The predicted molar refractivity (Wildman–Crippen MR) is 68.8 cm³/mol. The molecule has 0 atom stereocenters. The molecule has 3 rings (SSSR count). The summed E-state index contributed by atoms with van der Waals surface area (Å²) in [5.41, 5.74) is 5.32. The molecular weight excluding hydrogens is 194 g/mol. The van der Waals surface area contributed by atoms with Crippen LogP contribution in [0.3, 0.4) is 0 Å². The van der Waals surface area contributed by atoms with Gasteiger partial charge in [0.05, 0.1) is 6.42 Å². The molecule has 0 saturated heterocycles. The quantitative estimate of drug-likeness (QED) is 0.631. The highest BCUT2D eigenvalue weighted by Crippen LogP contribution is 2.29. The van der Waals surface area contributed by atoms with Gasteiger partial charge in [0.25, 0.3) is 0 Å². The standard InChI is InChI=1S/C15H14N/c1-12-6-2-4-8-14(12)16-11-10-13-7-3-5-9-15(13)16/h2-9,11H,10H2,1H3/q+1. The molecule has 0 saturated carbocycles. The maximum absolute atomic E-state index is 2.30. The van der Waals surface area contributed by atoms with Crippen molar-refractivity contribution in [1.29, 1.82) is 0 Å². The average Bonchev–Trinajstić information content (AvgIpc) is 2.74. The van der Waals surface area contributed by atoms with E-state index in [0.717, 1.165) is 6.42 Å². The van der Waals surface area contributed by atoms with Crippen LogP contribution in [0.5, 0.6) is 0 Å². The number of benzene rings is 2. The SMILES string of the molecule is Cc1ccccc1[N+]1=CCc2ccccc21. The molecule has 0 amide bonds. The fraction of sp³-hybridized carbons (Fsp3) is 0.133. The second-order valence-corrected chi connectivity index (χ2v) is 4.17. The van der Waals surface area contributed by atoms with Crippen LogP contribution in [0, 0.1) is 6.92 Å². The normalized spacial score (nSPS) is 13.4. The van der Waals surface area contributed by atoms with Gasteiger partial charge in [-0.25, -0.2) is 0 Å². The van der Waals surface area contributed by atoms with E-state index in [2.05, 4.69) is 66.2 Å². The topological polar surface area (TPSA) is 3.01 Å². The van der Waals surface area contributed by atoms with Gasteiger partial charge in [-0.1, -0.05) is 36.4 Å². The number of aryl methyl sites for hydroxylation is 1. The molecule has 16 heavy (non-hydrogen) atoms. The van der Waals surface area contributed by atoms with Crippen molar-refractivity contribution in [3.05, 3.63) is 59.7 Å². The van der Waals surface area contributed by atoms with Crippen molar-refractivity contribution >= 4 is 17.6 Å². The Hall–Kier alpha value is -1.89. The summed E-state index contributed by atoms with van der Waals surface area (Å²) < 4.78 is 2.30. The summed E-state index contributed by atoms with van der Waals surface area (Å²) in [6, 6.07) is 17.1. The molecule has 0 radical (unpaired) electrons. The molecule has 2 aromatic rings. The van der Waals surface area contributed by atoms with Crippen LogP contribution in [0.1, 0.15) is 11.1 Å². The van der Waals surface area contributed by atoms with Crippen LogP contribution < -0.4 is 4.58 Å². The van der Waals surface area contributed by atoms with Crippen LogP contribution in [-0.2, 0) is 6.42 Å². The van der Waals surface area contributed by atoms with Gasteiger partial charge < -0.3 is 0 Å². The van der Waals surface area contributed by atoms with Gasteiger partial charge in [0, 0.05) is 23.3 Å². The van der Waals surface area contributed by atoms with Crippen molar-refractivity contribution in [1.82, 2.24) is 4.58 Å². The molecule has 1 heteroatoms. The summed E-state index contributed by atoms with van der Waals surface area (Å²) >= 11 is 0. The summed E-state index contributed by atoms with van der Waals surface area (Å²) in [5, 5.41) is 0. The third-order valence-corrected chi connectivity index (χ3v) is 3.12. The van der Waals surface area contributed by atoms with E-state index in [4.69, 9.17) is 0 Å². The van der Waals surface area contributed by atoms with Gasteiger partial charge in [0.2, 0.25) is 11.4 Å². The molecule has 0 fully saturated rings. The molecule has 0 N–H and O–H groups in total. The fourth-order valence-electron chi connectivity index (χ4n) is 2.27. The number of para-hydroxylation sites is 2. The third-order valence-electron chi connectivity index (χ3n) is 3.12. The van der Waals surface area contributed by atoms with E-state index in [1.165, 1.54) is 22.5 Å². The minimum atomic E-state index is 1.03. The Labute approximate surface area is 95.7 Å². The zero-order valence-corrected chi connectivity index (χ0v) is 9.35. The van der Waals surface area contributed by atoms with Crippen molar-refractivity contribution in [3.8, 4) is 0 Å². The van der Waals surface area contributed by atoms with Gasteiger partial charge in [0.15, 0.2) is 6.21 Å². The highest BCUT2D eigenvalue weighted by Gasteiger charge is 2.23. The molecule has 1 nitrogen and oxygen atoms in total. The van der Waals surface area contributed by atoms with Gasteiger partial charge in [-0.15, -0.1) is 0 Å². The molecule has 1 aliphatic heterocycles. The first-order valence-electron chi connectivity index (χ1n) is 5.62. The van der Waals surface area contributed by atoms with Crippen molar-refractivity contribution < 1.29 is 0 Å². The lowest BCUT2D eigenvalue weighted by Gasteiger charge is -2.02. The second-order valence-electron chi connectivity index (χ2n) is 4.17. The number of hydrogen-bond acceptors (Lipinski definition) is 0. The van der Waals surface area contributed by atoms with Crippen molar-refractivity contribution in [3.63, 3.8) is 0 Å². The van der Waals surface area contributed by atoms with Crippen LogP contribution in [0.15, 0.2) is 48.5 Å². The summed E-state index contributed by atoms with van der Waals surface area (Å²) in [5.74, 6) is 0. The Morgan fingerprint density at radius 2 is 1.56 bits per heavy atom. The average molecular weight is 208 g/mol. The molecule has 78 valence electrons. The molecule has 0 spiro atoms. The van der Waals surface area contributed by atoms with Crippen LogP contribution in [0.25, 0.3) is 0 Å². The molecular formula is C15H14N+. The number of nitrogens with zero attached hydrogens (tertiary/aromatic N) is 1. The van der Waals surface area contributed by atoms with Crippen molar-refractivity contribution in [2.24, 2.45) is 0 Å². The fourth-order valence-corrected chi connectivity index (χ4v) is 2.27. The van der Waals surface area contributed by atoms with Gasteiger partial charge >= 0.3 is 0 Å². The van der Waals surface area contributed by atoms with E-state index in [1.807, 2.05) is 0 Å².